The maximum absolute atomic E-state index is 13.8. The quantitative estimate of drug-likeness (QED) is 0.864. The molecule has 0 bridgehead atoms. The topological polar surface area (TPSA) is 12.0 Å². The highest BCUT2D eigenvalue weighted by Crippen LogP contribution is 2.31. The summed E-state index contributed by atoms with van der Waals surface area (Å²) < 4.78 is 14.9. The molecule has 1 aromatic heterocycles. The number of rotatable bonds is 3. The van der Waals surface area contributed by atoms with Crippen molar-refractivity contribution in [2.45, 2.75) is 6.04 Å². The number of thiophene rings is 1. The largest absolute Gasteiger partial charge is 0.309 e. The average molecular weight is 335 g/mol. The van der Waals surface area contributed by atoms with E-state index in [2.05, 4.69) is 21.2 Å². The van der Waals surface area contributed by atoms with Gasteiger partial charge in [-0.2, -0.15) is 0 Å². The molecule has 1 aromatic carbocycles. The Bertz CT molecular complexity index is 529. The summed E-state index contributed by atoms with van der Waals surface area (Å²) in [5, 5.41) is 5.51. The molecule has 17 heavy (non-hydrogen) atoms. The van der Waals surface area contributed by atoms with Gasteiger partial charge >= 0.3 is 0 Å². The summed E-state index contributed by atoms with van der Waals surface area (Å²) in [7, 11) is 1.81. The summed E-state index contributed by atoms with van der Waals surface area (Å²) in [6.07, 6.45) is 0. The molecule has 0 aliphatic rings. The Balaban J connectivity index is 2.42. The second-order valence-corrected chi connectivity index (χ2v) is 5.85. The van der Waals surface area contributed by atoms with Crippen molar-refractivity contribution in [3.05, 3.63) is 55.4 Å². The van der Waals surface area contributed by atoms with Gasteiger partial charge < -0.3 is 5.32 Å². The zero-order valence-corrected chi connectivity index (χ0v) is 12.2. The van der Waals surface area contributed by atoms with Crippen LogP contribution >= 0.6 is 38.9 Å². The summed E-state index contributed by atoms with van der Waals surface area (Å²) in [4.78, 5) is 1.06. The van der Waals surface area contributed by atoms with Gasteiger partial charge in [-0.05, 0) is 41.2 Å². The number of halogens is 3. The van der Waals surface area contributed by atoms with Crippen LogP contribution in [0.2, 0.25) is 5.02 Å². The van der Waals surface area contributed by atoms with Crippen LogP contribution in [-0.4, -0.2) is 7.05 Å². The average Bonchev–Trinajstić information content (AvgIpc) is 2.69. The van der Waals surface area contributed by atoms with Gasteiger partial charge in [0.1, 0.15) is 5.82 Å². The first kappa shape index (κ1) is 13.0. The van der Waals surface area contributed by atoms with Crippen molar-refractivity contribution in [1.29, 1.82) is 0 Å². The third-order valence-electron chi connectivity index (χ3n) is 2.43. The van der Waals surface area contributed by atoms with E-state index < -0.39 is 0 Å². The summed E-state index contributed by atoms with van der Waals surface area (Å²) in [6.45, 7) is 0. The van der Waals surface area contributed by atoms with Crippen LogP contribution in [0.25, 0.3) is 0 Å². The van der Waals surface area contributed by atoms with Gasteiger partial charge in [0.2, 0.25) is 0 Å². The predicted octanol–water partition coefficient (Wildman–Crippen LogP) is 4.61. The first-order chi connectivity index (χ1) is 8.11. The molecule has 0 aliphatic heterocycles. The van der Waals surface area contributed by atoms with Gasteiger partial charge in [-0.3, -0.25) is 0 Å². The van der Waals surface area contributed by atoms with Gasteiger partial charge in [-0.1, -0.05) is 17.7 Å². The number of hydrogen-bond donors (Lipinski definition) is 1. The molecule has 1 N–H and O–H groups in total. The zero-order chi connectivity index (χ0) is 12.4. The first-order valence-electron chi connectivity index (χ1n) is 4.98. The Morgan fingerprint density at radius 2 is 2.18 bits per heavy atom. The fourth-order valence-electron chi connectivity index (χ4n) is 1.67. The van der Waals surface area contributed by atoms with Crippen molar-refractivity contribution >= 4 is 38.9 Å². The van der Waals surface area contributed by atoms with Crippen molar-refractivity contribution in [3.63, 3.8) is 0 Å². The van der Waals surface area contributed by atoms with Crippen molar-refractivity contribution in [3.8, 4) is 0 Å². The molecule has 0 saturated heterocycles. The highest BCUT2D eigenvalue weighted by atomic mass is 79.9. The number of benzene rings is 1. The number of nitrogens with one attached hydrogen (secondary N) is 1. The molecule has 1 nitrogen and oxygen atoms in total. The minimum atomic E-state index is -0.290. The van der Waals surface area contributed by atoms with E-state index in [1.165, 1.54) is 6.07 Å². The molecule has 0 radical (unpaired) electrons. The molecule has 1 unspecified atom stereocenters. The third-order valence-corrected chi connectivity index (χ3v) is 4.43. The smallest absolute Gasteiger partial charge is 0.129 e. The molecule has 2 rings (SSSR count). The van der Waals surface area contributed by atoms with Crippen LogP contribution in [0.4, 0.5) is 4.39 Å². The fourth-order valence-corrected chi connectivity index (χ4v) is 3.40. The molecule has 0 fully saturated rings. The second-order valence-electron chi connectivity index (χ2n) is 3.55. The Kier molecular flexibility index (Phi) is 4.20. The van der Waals surface area contributed by atoms with Crippen molar-refractivity contribution in [2.75, 3.05) is 7.05 Å². The fraction of sp³-hybridized carbons (Fsp3) is 0.167. The van der Waals surface area contributed by atoms with Gasteiger partial charge in [0.25, 0.3) is 0 Å². The van der Waals surface area contributed by atoms with Crippen molar-refractivity contribution < 1.29 is 4.39 Å². The lowest BCUT2D eigenvalue weighted by Crippen LogP contribution is -2.17. The van der Waals surface area contributed by atoms with Crippen LogP contribution in [-0.2, 0) is 0 Å². The summed E-state index contributed by atoms with van der Waals surface area (Å²) in [6, 6.07) is 6.59. The van der Waals surface area contributed by atoms with Gasteiger partial charge in [0.15, 0.2) is 0 Å². The third kappa shape index (κ3) is 2.88. The van der Waals surface area contributed by atoms with Gasteiger partial charge in [0.05, 0.1) is 6.04 Å². The van der Waals surface area contributed by atoms with Crippen LogP contribution < -0.4 is 5.32 Å². The van der Waals surface area contributed by atoms with Gasteiger partial charge in [0, 0.05) is 25.3 Å². The van der Waals surface area contributed by atoms with Crippen molar-refractivity contribution in [1.82, 2.24) is 5.32 Å². The van der Waals surface area contributed by atoms with E-state index in [9.17, 15) is 4.39 Å². The maximum atomic E-state index is 13.8. The van der Waals surface area contributed by atoms with Crippen LogP contribution in [0, 0.1) is 5.82 Å². The predicted molar refractivity (Wildman–Crippen MR) is 74.3 cm³/mol. The first-order valence-corrected chi connectivity index (χ1v) is 7.03. The highest BCUT2D eigenvalue weighted by molar-refractivity contribution is 9.10. The molecule has 90 valence electrons. The standard InChI is InChI=1S/C12H10BrClFNS/c1-16-12(11-4-7(13)6-17-11)9-3-2-8(14)5-10(9)15/h2-6,12,16H,1H3. The van der Waals surface area contributed by atoms with Gasteiger partial charge in [-0.25, -0.2) is 4.39 Å². The van der Waals surface area contributed by atoms with Crippen LogP contribution in [0.15, 0.2) is 34.1 Å². The molecule has 2 aromatic rings. The Labute approximate surface area is 117 Å². The lowest BCUT2D eigenvalue weighted by molar-refractivity contribution is 0.579. The summed E-state index contributed by atoms with van der Waals surface area (Å²) >= 11 is 10.7. The van der Waals surface area contributed by atoms with E-state index in [1.807, 2.05) is 18.5 Å². The number of hydrogen-bond acceptors (Lipinski definition) is 2. The molecular weight excluding hydrogens is 325 g/mol. The maximum Gasteiger partial charge on any atom is 0.129 e. The minimum Gasteiger partial charge on any atom is -0.309 e. The zero-order valence-electron chi connectivity index (χ0n) is 9.01. The molecule has 0 amide bonds. The summed E-state index contributed by atoms with van der Waals surface area (Å²) in [5.41, 5.74) is 0.603. The molecule has 1 heterocycles. The molecule has 0 spiro atoms. The second kappa shape index (κ2) is 5.48. The molecule has 1 atom stereocenters. The molecule has 0 saturated carbocycles. The van der Waals surface area contributed by atoms with Crippen LogP contribution in [0.1, 0.15) is 16.5 Å². The lowest BCUT2D eigenvalue weighted by Gasteiger charge is -2.15. The molecular formula is C12H10BrClFNS. The monoisotopic (exact) mass is 333 g/mol. The van der Waals surface area contributed by atoms with E-state index in [1.54, 1.807) is 23.5 Å². The lowest BCUT2D eigenvalue weighted by atomic mass is 10.1. The minimum absolute atomic E-state index is 0.149. The Hall–Kier alpha value is -0.420. The summed E-state index contributed by atoms with van der Waals surface area (Å²) in [5.74, 6) is -0.290. The Morgan fingerprint density at radius 3 is 2.71 bits per heavy atom. The normalized spacial score (nSPS) is 12.7. The SMILES string of the molecule is CNC(c1cc(Br)cs1)c1ccc(Cl)cc1F. The van der Waals surface area contributed by atoms with Crippen LogP contribution in [0.5, 0.6) is 0 Å². The van der Waals surface area contributed by atoms with E-state index in [-0.39, 0.29) is 11.9 Å². The molecule has 0 aliphatic carbocycles. The van der Waals surface area contributed by atoms with Crippen LogP contribution in [0.3, 0.4) is 0 Å². The van der Waals surface area contributed by atoms with E-state index >= 15 is 0 Å². The molecule has 5 heteroatoms. The highest BCUT2D eigenvalue weighted by Gasteiger charge is 2.17. The van der Waals surface area contributed by atoms with E-state index in [0.717, 1.165) is 9.35 Å². The van der Waals surface area contributed by atoms with E-state index in [4.69, 9.17) is 11.6 Å². The van der Waals surface area contributed by atoms with E-state index in [0.29, 0.717) is 10.6 Å². The Morgan fingerprint density at radius 1 is 1.41 bits per heavy atom. The van der Waals surface area contributed by atoms with Crippen molar-refractivity contribution in [2.24, 2.45) is 0 Å². The van der Waals surface area contributed by atoms with Gasteiger partial charge in [-0.15, -0.1) is 11.3 Å².